The zero-order chi connectivity index (χ0) is 16.7. The van der Waals surface area contributed by atoms with Crippen LogP contribution < -0.4 is 10.6 Å². The Bertz CT molecular complexity index is 702. The predicted molar refractivity (Wildman–Crippen MR) is 89.0 cm³/mol. The number of carbonyl (C=O) groups excluding carboxylic acids is 2. The molecule has 0 saturated carbocycles. The van der Waals surface area contributed by atoms with E-state index in [-0.39, 0.29) is 24.3 Å². The number of nitrogens with one attached hydrogen (secondary N) is 2. The van der Waals surface area contributed by atoms with Gasteiger partial charge in [0.1, 0.15) is 0 Å². The summed E-state index contributed by atoms with van der Waals surface area (Å²) in [6.07, 6.45) is 0.220. The van der Waals surface area contributed by atoms with Crippen LogP contribution in [0.15, 0.2) is 41.8 Å². The standard InChI is InChI=1S/C17H17N3O2S/c1-12(14-6-4-13(11-18)5-7-14)20-16(21)8-9-19-17(22)15-3-2-10-23-15/h2-7,10,12H,8-9H2,1H3,(H,19,22)(H,20,21). The van der Waals surface area contributed by atoms with Gasteiger partial charge in [0.05, 0.1) is 22.6 Å². The number of nitrogens with zero attached hydrogens (tertiary/aromatic N) is 1. The maximum absolute atomic E-state index is 11.9. The van der Waals surface area contributed by atoms with Gasteiger partial charge in [-0.3, -0.25) is 9.59 Å². The minimum absolute atomic E-state index is 0.131. The fourth-order valence-electron chi connectivity index (χ4n) is 2.03. The molecule has 23 heavy (non-hydrogen) atoms. The summed E-state index contributed by atoms with van der Waals surface area (Å²) in [5, 5.41) is 16.2. The van der Waals surface area contributed by atoms with Gasteiger partial charge >= 0.3 is 0 Å². The van der Waals surface area contributed by atoms with Crippen LogP contribution in [0.1, 0.15) is 40.2 Å². The van der Waals surface area contributed by atoms with E-state index in [1.54, 1.807) is 18.2 Å². The predicted octanol–water partition coefficient (Wildman–Crippen LogP) is 2.62. The maximum atomic E-state index is 11.9. The first-order valence-corrected chi connectivity index (χ1v) is 8.09. The molecule has 0 radical (unpaired) electrons. The van der Waals surface area contributed by atoms with E-state index in [9.17, 15) is 9.59 Å². The molecule has 0 aliphatic carbocycles. The molecule has 1 aromatic heterocycles. The van der Waals surface area contributed by atoms with E-state index in [0.717, 1.165) is 5.56 Å². The Balaban J connectivity index is 1.75. The average Bonchev–Trinajstić information content (AvgIpc) is 3.09. The molecule has 0 saturated heterocycles. The number of carbonyl (C=O) groups is 2. The van der Waals surface area contributed by atoms with Gasteiger partial charge in [0.15, 0.2) is 0 Å². The van der Waals surface area contributed by atoms with Crippen LogP contribution in [-0.2, 0) is 4.79 Å². The zero-order valence-electron chi connectivity index (χ0n) is 12.7. The van der Waals surface area contributed by atoms with E-state index in [4.69, 9.17) is 5.26 Å². The van der Waals surface area contributed by atoms with E-state index in [0.29, 0.717) is 17.0 Å². The van der Waals surface area contributed by atoms with Gasteiger partial charge in [0, 0.05) is 13.0 Å². The van der Waals surface area contributed by atoms with Crippen molar-refractivity contribution < 1.29 is 9.59 Å². The van der Waals surface area contributed by atoms with Gasteiger partial charge in [-0.1, -0.05) is 18.2 Å². The molecule has 0 fully saturated rings. The first-order valence-electron chi connectivity index (χ1n) is 7.21. The lowest BCUT2D eigenvalue weighted by molar-refractivity contribution is -0.121. The first-order chi connectivity index (χ1) is 11.1. The lowest BCUT2D eigenvalue weighted by atomic mass is 10.1. The van der Waals surface area contributed by atoms with Crippen molar-refractivity contribution in [2.24, 2.45) is 0 Å². The Morgan fingerprint density at radius 1 is 1.26 bits per heavy atom. The third kappa shape index (κ3) is 4.94. The van der Waals surface area contributed by atoms with Crippen LogP contribution in [0.2, 0.25) is 0 Å². The smallest absolute Gasteiger partial charge is 0.261 e. The number of amides is 2. The molecule has 6 heteroatoms. The van der Waals surface area contributed by atoms with E-state index >= 15 is 0 Å². The van der Waals surface area contributed by atoms with Crippen LogP contribution in [0.5, 0.6) is 0 Å². The highest BCUT2D eigenvalue weighted by Gasteiger charge is 2.11. The highest BCUT2D eigenvalue weighted by atomic mass is 32.1. The molecule has 5 nitrogen and oxygen atoms in total. The van der Waals surface area contributed by atoms with E-state index in [1.807, 2.05) is 30.5 Å². The molecular weight excluding hydrogens is 310 g/mol. The summed E-state index contributed by atoms with van der Waals surface area (Å²) in [5.41, 5.74) is 1.52. The minimum Gasteiger partial charge on any atom is -0.351 e. The molecule has 1 atom stereocenters. The maximum Gasteiger partial charge on any atom is 0.261 e. The van der Waals surface area contributed by atoms with Crippen molar-refractivity contribution in [3.05, 3.63) is 57.8 Å². The Labute approximate surface area is 138 Å². The third-order valence-electron chi connectivity index (χ3n) is 3.30. The van der Waals surface area contributed by atoms with Gasteiger partial charge in [0.25, 0.3) is 5.91 Å². The molecule has 0 bridgehead atoms. The minimum atomic E-state index is -0.159. The number of rotatable bonds is 6. The van der Waals surface area contributed by atoms with Crippen LogP contribution in [-0.4, -0.2) is 18.4 Å². The molecule has 2 rings (SSSR count). The molecule has 1 unspecified atom stereocenters. The summed E-state index contributed by atoms with van der Waals surface area (Å²) in [5.74, 6) is -0.290. The van der Waals surface area contributed by atoms with Crippen molar-refractivity contribution >= 4 is 23.2 Å². The van der Waals surface area contributed by atoms with Gasteiger partial charge in [-0.05, 0) is 36.1 Å². The zero-order valence-corrected chi connectivity index (χ0v) is 13.5. The van der Waals surface area contributed by atoms with Crippen molar-refractivity contribution in [2.45, 2.75) is 19.4 Å². The number of nitriles is 1. The van der Waals surface area contributed by atoms with Crippen LogP contribution in [0.4, 0.5) is 0 Å². The molecule has 2 aromatic rings. The first kappa shape index (κ1) is 16.7. The molecule has 118 valence electrons. The van der Waals surface area contributed by atoms with Crippen molar-refractivity contribution in [1.82, 2.24) is 10.6 Å². The van der Waals surface area contributed by atoms with E-state index < -0.39 is 0 Å². The van der Waals surface area contributed by atoms with Crippen molar-refractivity contribution in [2.75, 3.05) is 6.54 Å². The van der Waals surface area contributed by atoms with Gasteiger partial charge in [-0.15, -0.1) is 11.3 Å². The fraction of sp³-hybridized carbons (Fsp3) is 0.235. The molecule has 1 aromatic carbocycles. The molecule has 0 aliphatic rings. The van der Waals surface area contributed by atoms with Crippen LogP contribution in [0.3, 0.4) is 0 Å². The SMILES string of the molecule is CC(NC(=O)CCNC(=O)c1cccs1)c1ccc(C#N)cc1. The normalized spacial score (nSPS) is 11.3. The fourth-order valence-corrected chi connectivity index (χ4v) is 2.67. The van der Waals surface area contributed by atoms with Crippen molar-refractivity contribution in [1.29, 1.82) is 5.26 Å². The highest BCUT2D eigenvalue weighted by molar-refractivity contribution is 7.12. The highest BCUT2D eigenvalue weighted by Crippen LogP contribution is 2.13. The quantitative estimate of drug-likeness (QED) is 0.855. The van der Waals surface area contributed by atoms with Gasteiger partial charge in [0.2, 0.25) is 5.91 Å². The third-order valence-corrected chi connectivity index (χ3v) is 4.17. The number of hydrogen-bond donors (Lipinski definition) is 2. The topological polar surface area (TPSA) is 82.0 Å². The monoisotopic (exact) mass is 327 g/mol. The van der Waals surface area contributed by atoms with Gasteiger partial charge < -0.3 is 10.6 Å². The van der Waals surface area contributed by atoms with Gasteiger partial charge in [-0.2, -0.15) is 5.26 Å². The molecular formula is C17H17N3O2S. The number of thiophene rings is 1. The molecule has 1 heterocycles. The average molecular weight is 327 g/mol. The van der Waals surface area contributed by atoms with Crippen LogP contribution in [0, 0.1) is 11.3 Å². The second-order valence-corrected chi connectivity index (χ2v) is 5.95. The van der Waals surface area contributed by atoms with Crippen molar-refractivity contribution in [3.8, 4) is 6.07 Å². The Hall–Kier alpha value is -2.65. The lowest BCUT2D eigenvalue weighted by Gasteiger charge is -2.14. The summed E-state index contributed by atoms with van der Waals surface area (Å²) in [6, 6.07) is 12.5. The Kier molecular flexibility index (Phi) is 5.89. The van der Waals surface area contributed by atoms with Crippen LogP contribution in [0.25, 0.3) is 0 Å². The summed E-state index contributed by atoms with van der Waals surface area (Å²) in [7, 11) is 0. The molecule has 0 aliphatic heterocycles. The van der Waals surface area contributed by atoms with E-state index in [2.05, 4.69) is 16.7 Å². The second-order valence-electron chi connectivity index (χ2n) is 5.01. The summed E-state index contributed by atoms with van der Waals surface area (Å²) in [6.45, 7) is 2.17. The largest absolute Gasteiger partial charge is 0.351 e. The number of hydrogen-bond acceptors (Lipinski definition) is 4. The lowest BCUT2D eigenvalue weighted by Crippen LogP contribution is -2.31. The Morgan fingerprint density at radius 2 is 2.00 bits per heavy atom. The summed E-state index contributed by atoms with van der Waals surface area (Å²) >= 11 is 1.37. The Morgan fingerprint density at radius 3 is 2.61 bits per heavy atom. The molecule has 0 spiro atoms. The summed E-state index contributed by atoms with van der Waals surface area (Å²) < 4.78 is 0. The molecule has 2 N–H and O–H groups in total. The second kappa shape index (κ2) is 8.11. The van der Waals surface area contributed by atoms with Crippen molar-refractivity contribution in [3.63, 3.8) is 0 Å². The van der Waals surface area contributed by atoms with E-state index in [1.165, 1.54) is 11.3 Å². The van der Waals surface area contributed by atoms with Crippen LogP contribution >= 0.6 is 11.3 Å². The van der Waals surface area contributed by atoms with Gasteiger partial charge in [-0.25, -0.2) is 0 Å². The molecule has 2 amide bonds. The number of benzene rings is 1. The summed E-state index contributed by atoms with van der Waals surface area (Å²) in [4.78, 5) is 24.3.